The van der Waals surface area contributed by atoms with Crippen LogP contribution in [0.2, 0.25) is 0 Å². The number of nitro groups is 3. The Morgan fingerprint density at radius 2 is 1.22 bits per heavy atom. The average Bonchev–Trinajstić information content (AvgIpc) is 2.73. The van der Waals surface area contributed by atoms with Gasteiger partial charge in [-0.05, 0) is 42.3 Å². The summed E-state index contributed by atoms with van der Waals surface area (Å²) in [5.41, 5.74) is -1.24. The van der Waals surface area contributed by atoms with Crippen LogP contribution in [0.25, 0.3) is 11.1 Å². The summed E-state index contributed by atoms with van der Waals surface area (Å²) in [4.78, 5) is 31.0. The topological polar surface area (TPSA) is 173 Å². The molecule has 0 aliphatic rings. The summed E-state index contributed by atoms with van der Waals surface area (Å²) in [7, 11) is -4.62. The van der Waals surface area contributed by atoms with Gasteiger partial charge in [-0.2, -0.15) is 8.42 Å². The van der Waals surface area contributed by atoms with Crippen molar-refractivity contribution < 1.29 is 27.4 Å². The minimum Gasteiger partial charge on any atom is -0.364 e. The van der Waals surface area contributed by atoms with E-state index in [0.29, 0.717) is 0 Å². The molecule has 0 aliphatic heterocycles. The van der Waals surface area contributed by atoms with Crippen LogP contribution < -0.4 is 4.18 Å². The fourth-order valence-corrected chi connectivity index (χ4v) is 3.72. The Morgan fingerprint density at radius 3 is 1.66 bits per heavy atom. The second-order valence-electron chi connectivity index (χ2n) is 6.51. The second-order valence-corrected chi connectivity index (χ2v) is 8.06. The Labute approximate surface area is 180 Å². The Morgan fingerprint density at radius 1 is 0.719 bits per heavy atom. The monoisotopic (exact) mass is 459 g/mol. The Hall–Kier alpha value is -4.39. The molecule has 0 N–H and O–H groups in total. The van der Waals surface area contributed by atoms with Gasteiger partial charge in [-0.3, -0.25) is 30.3 Å². The smallest absolute Gasteiger partial charge is 0.339 e. The second kappa shape index (κ2) is 8.39. The average molecular weight is 459 g/mol. The minimum absolute atomic E-state index is 0.0293. The van der Waals surface area contributed by atoms with E-state index in [4.69, 9.17) is 4.18 Å². The van der Waals surface area contributed by atoms with Crippen molar-refractivity contribution in [3.05, 3.63) is 96.6 Å². The van der Waals surface area contributed by atoms with Gasteiger partial charge >= 0.3 is 21.5 Å². The van der Waals surface area contributed by atoms with Gasteiger partial charge in [0.25, 0.3) is 11.4 Å². The normalized spacial score (nSPS) is 11.0. The van der Waals surface area contributed by atoms with E-state index in [1.807, 2.05) is 0 Å². The summed E-state index contributed by atoms with van der Waals surface area (Å²) < 4.78 is 30.0. The molecule has 0 unspecified atom stereocenters. The van der Waals surface area contributed by atoms with Gasteiger partial charge in [-0.15, -0.1) is 0 Å². The first kappa shape index (κ1) is 22.3. The third kappa shape index (κ3) is 4.52. The first-order chi connectivity index (χ1) is 15.0. The summed E-state index contributed by atoms with van der Waals surface area (Å²) in [6, 6.07) is 11.9. The van der Waals surface area contributed by atoms with E-state index in [1.165, 1.54) is 36.4 Å². The summed E-state index contributed by atoms with van der Waals surface area (Å²) in [5, 5.41) is 34.0. The number of aryl methyl sites for hydroxylation is 1. The molecule has 0 bridgehead atoms. The predicted molar refractivity (Wildman–Crippen MR) is 111 cm³/mol. The van der Waals surface area contributed by atoms with Crippen LogP contribution in [0, 0.1) is 37.3 Å². The molecule has 3 rings (SSSR count). The SMILES string of the molecule is Cc1ccc(S(=O)(=O)Oc2c([N+](=O)[O-])cc(-c3ccc([N+](=O)[O-])cc3)cc2[N+](=O)[O-])cc1. The van der Waals surface area contributed by atoms with Crippen molar-refractivity contribution in [3.63, 3.8) is 0 Å². The fraction of sp³-hybridized carbons (Fsp3) is 0.0526. The highest BCUT2D eigenvalue weighted by atomic mass is 32.2. The molecule has 0 saturated carbocycles. The Bertz CT molecular complexity index is 1300. The van der Waals surface area contributed by atoms with Crippen LogP contribution in [0.15, 0.2) is 65.6 Å². The van der Waals surface area contributed by atoms with Gasteiger partial charge in [0, 0.05) is 24.3 Å². The summed E-state index contributed by atoms with van der Waals surface area (Å²) >= 11 is 0. The number of hydrogen-bond acceptors (Lipinski definition) is 9. The molecule has 13 heteroatoms. The van der Waals surface area contributed by atoms with Crippen molar-refractivity contribution in [3.8, 4) is 16.9 Å². The van der Waals surface area contributed by atoms with E-state index in [2.05, 4.69) is 0 Å². The van der Waals surface area contributed by atoms with E-state index in [9.17, 15) is 38.8 Å². The molecule has 164 valence electrons. The maximum Gasteiger partial charge on any atom is 0.339 e. The third-order valence-corrected chi connectivity index (χ3v) is 5.59. The lowest BCUT2D eigenvalue weighted by atomic mass is 10.0. The van der Waals surface area contributed by atoms with Crippen LogP contribution in [0.5, 0.6) is 5.75 Å². The first-order valence-electron chi connectivity index (χ1n) is 8.72. The molecular formula is C19H13N3O9S. The van der Waals surface area contributed by atoms with Gasteiger partial charge in [0.05, 0.1) is 14.8 Å². The molecule has 12 nitrogen and oxygen atoms in total. The van der Waals surface area contributed by atoms with Crippen molar-refractivity contribution in [1.29, 1.82) is 0 Å². The molecule has 0 spiro atoms. The Balaban J connectivity index is 2.15. The summed E-state index contributed by atoms with van der Waals surface area (Å²) in [6.45, 7) is 1.71. The van der Waals surface area contributed by atoms with Crippen LogP contribution in [0.4, 0.5) is 17.1 Å². The molecule has 0 fully saturated rings. The molecule has 0 radical (unpaired) electrons. The first-order valence-corrected chi connectivity index (χ1v) is 10.1. The highest BCUT2D eigenvalue weighted by molar-refractivity contribution is 7.87. The van der Waals surface area contributed by atoms with Crippen molar-refractivity contribution in [2.75, 3.05) is 0 Å². The molecule has 0 amide bonds. The fourth-order valence-electron chi connectivity index (χ4n) is 2.76. The van der Waals surface area contributed by atoms with Crippen LogP contribution in [0.3, 0.4) is 0 Å². The zero-order valence-electron chi connectivity index (χ0n) is 16.2. The zero-order valence-corrected chi connectivity index (χ0v) is 17.0. The van der Waals surface area contributed by atoms with Crippen molar-refractivity contribution in [2.24, 2.45) is 0 Å². The lowest BCUT2D eigenvalue weighted by Gasteiger charge is -2.10. The maximum absolute atomic E-state index is 12.6. The van der Waals surface area contributed by atoms with Crippen LogP contribution in [-0.4, -0.2) is 23.2 Å². The largest absolute Gasteiger partial charge is 0.364 e. The number of hydrogen-bond donors (Lipinski definition) is 0. The number of rotatable bonds is 7. The summed E-state index contributed by atoms with van der Waals surface area (Å²) in [6.07, 6.45) is 0. The number of non-ortho nitro benzene ring substituents is 1. The van der Waals surface area contributed by atoms with E-state index < -0.39 is 42.0 Å². The standard InChI is InChI=1S/C19H13N3O9S/c1-12-2-8-16(9-3-12)32(29,30)31-19-17(21(25)26)10-14(11-18(19)22(27)28)13-4-6-15(7-5-13)20(23)24/h2-11H,1H3. The summed E-state index contributed by atoms with van der Waals surface area (Å²) in [5.74, 6) is -1.05. The molecule has 32 heavy (non-hydrogen) atoms. The van der Waals surface area contributed by atoms with E-state index in [0.717, 1.165) is 29.8 Å². The van der Waals surface area contributed by atoms with Crippen LogP contribution >= 0.6 is 0 Å². The zero-order chi connectivity index (χ0) is 23.6. The molecular weight excluding hydrogens is 446 g/mol. The molecule has 3 aromatic carbocycles. The van der Waals surface area contributed by atoms with Gasteiger partial charge < -0.3 is 4.18 Å². The molecule has 0 heterocycles. The highest BCUT2D eigenvalue weighted by Gasteiger charge is 2.33. The van der Waals surface area contributed by atoms with Crippen molar-refractivity contribution >= 4 is 27.2 Å². The molecule has 0 saturated heterocycles. The number of benzene rings is 3. The van der Waals surface area contributed by atoms with Gasteiger partial charge in [0.15, 0.2) is 0 Å². The predicted octanol–water partition coefficient (Wildman–Crippen LogP) is 4.15. The quantitative estimate of drug-likeness (QED) is 0.285. The minimum atomic E-state index is -4.62. The van der Waals surface area contributed by atoms with Crippen molar-refractivity contribution in [1.82, 2.24) is 0 Å². The maximum atomic E-state index is 12.6. The lowest BCUT2D eigenvalue weighted by molar-refractivity contribution is -0.395. The van der Waals surface area contributed by atoms with Gasteiger partial charge in [0.1, 0.15) is 4.90 Å². The third-order valence-electron chi connectivity index (χ3n) is 4.36. The molecule has 0 aliphatic carbocycles. The van der Waals surface area contributed by atoms with E-state index >= 15 is 0 Å². The highest BCUT2D eigenvalue weighted by Crippen LogP contribution is 2.42. The molecule has 0 atom stereocenters. The number of nitrogens with zero attached hydrogens (tertiary/aromatic N) is 3. The molecule has 3 aromatic rings. The Kier molecular flexibility index (Phi) is 5.85. The van der Waals surface area contributed by atoms with Crippen LogP contribution in [-0.2, 0) is 10.1 Å². The van der Waals surface area contributed by atoms with Gasteiger partial charge in [0.2, 0.25) is 0 Å². The van der Waals surface area contributed by atoms with E-state index in [1.54, 1.807) is 6.92 Å². The number of nitro benzene ring substituents is 3. The van der Waals surface area contributed by atoms with Gasteiger partial charge in [-0.1, -0.05) is 17.7 Å². The van der Waals surface area contributed by atoms with Crippen molar-refractivity contribution in [2.45, 2.75) is 11.8 Å². The van der Waals surface area contributed by atoms with Crippen LogP contribution in [0.1, 0.15) is 5.56 Å². The van der Waals surface area contributed by atoms with E-state index in [-0.39, 0.29) is 21.7 Å². The molecule has 0 aromatic heterocycles. The lowest BCUT2D eigenvalue weighted by Crippen LogP contribution is -2.12. The van der Waals surface area contributed by atoms with Gasteiger partial charge in [-0.25, -0.2) is 0 Å².